The molecule has 1 aromatic heterocycles. The van der Waals surface area contributed by atoms with Crippen molar-refractivity contribution in [2.45, 2.75) is 18.4 Å². The predicted octanol–water partition coefficient (Wildman–Crippen LogP) is 1.39. The summed E-state index contributed by atoms with van der Waals surface area (Å²) in [4.78, 5) is 17.5. The van der Waals surface area contributed by atoms with Crippen molar-refractivity contribution in [1.29, 1.82) is 0 Å². The lowest BCUT2D eigenvalue weighted by Crippen LogP contribution is -1.98. The Balaban J connectivity index is 3.08. The summed E-state index contributed by atoms with van der Waals surface area (Å²) in [6, 6.07) is 0. The van der Waals surface area contributed by atoms with Gasteiger partial charge in [0.15, 0.2) is 5.69 Å². The molecular weight excluding hydrogens is 176 g/mol. The second-order valence-corrected chi connectivity index (χ2v) is 3.02. The zero-order chi connectivity index (χ0) is 9.14. The lowest BCUT2D eigenvalue weighted by molar-refractivity contribution is 0.0687. The molecule has 0 aliphatic heterocycles. The summed E-state index contributed by atoms with van der Waals surface area (Å²) in [6.07, 6.45) is 2.53. The number of carboxylic acid groups (broad SMARTS) is 1. The highest BCUT2D eigenvalue weighted by atomic mass is 32.2. The Morgan fingerprint density at radius 3 is 2.75 bits per heavy atom. The third-order valence-electron chi connectivity index (χ3n) is 1.46. The van der Waals surface area contributed by atoms with Gasteiger partial charge in [-0.2, -0.15) is 0 Å². The Hall–Kier alpha value is -0.970. The summed E-state index contributed by atoms with van der Waals surface area (Å²) in [6.45, 7) is 1.93. The fourth-order valence-electron chi connectivity index (χ4n) is 0.864. The monoisotopic (exact) mass is 186 g/mol. The van der Waals surface area contributed by atoms with Gasteiger partial charge in [0, 0.05) is 6.42 Å². The molecule has 12 heavy (non-hydrogen) atoms. The number of hydrogen-bond acceptors (Lipinski definition) is 3. The van der Waals surface area contributed by atoms with Crippen LogP contribution in [0.5, 0.6) is 0 Å². The number of H-pyrrole nitrogens is 1. The number of aromatic carboxylic acids is 1. The minimum Gasteiger partial charge on any atom is -0.476 e. The summed E-state index contributed by atoms with van der Waals surface area (Å²) < 4.78 is 0. The number of carboxylic acids is 1. The molecule has 66 valence electrons. The van der Waals surface area contributed by atoms with Crippen molar-refractivity contribution in [1.82, 2.24) is 9.97 Å². The highest BCUT2D eigenvalue weighted by Crippen LogP contribution is 2.17. The standard InChI is InChI=1S/C7H10N2O2S/c1-3-4-8-5(7(10)11)6(9-4)12-2/h3H2,1-2H3,(H,8,9)(H,10,11). The highest BCUT2D eigenvalue weighted by Gasteiger charge is 2.14. The van der Waals surface area contributed by atoms with Crippen molar-refractivity contribution in [3.63, 3.8) is 0 Å². The van der Waals surface area contributed by atoms with E-state index in [0.717, 1.165) is 12.2 Å². The number of carbonyl (C=O) groups is 1. The van der Waals surface area contributed by atoms with E-state index in [9.17, 15) is 4.79 Å². The zero-order valence-electron chi connectivity index (χ0n) is 6.92. The summed E-state index contributed by atoms with van der Waals surface area (Å²) in [5, 5.41) is 9.28. The molecule has 1 rings (SSSR count). The second-order valence-electron chi connectivity index (χ2n) is 2.23. The summed E-state index contributed by atoms with van der Waals surface area (Å²) in [7, 11) is 0. The molecular formula is C7H10N2O2S. The first-order valence-electron chi connectivity index (χ1n) is 3.55. The van der Waals surface area contributed by atoms with E-state index >= 15 is 0 Å². The van der Waals surface area contributed by atoms with Crippen LogP contribution in [-0.2, 0) is 6.42 Å². The number of rotatable bonds is 3. The maximum Gasteiger partial charge on any atom is 0.355 e. The molecule has 2 N–H and O–H groups in total. The molecule has 0 aliphatic carbocycles. The van der Waals surface area contributed by atoms with Crippen LogP contribution in [-0.4, -0.2) is 27.3 Å². The smallest absolute Gasteiger partial charge is 0.355 e. The number of aryl methyl sites for hydroxylation is 1. The molecule has 0 bridgehead atoms. The van der Waals surface area contributed by atoms with Crippen LogP contribution < -0.4 is 0 Å². The average Bonchev–Trinajstić information content (AvgIpc) is 2.47. The molecule has 0 atom stereocenters. The van der Waals surface area contributed by atoms with E-state index in [0.29, 0.717) is 5.03 Å². The van der Waals surface area contributed by atoms with Gasteiger partial charge in [-0.05, 0) is 6.26 Å². The third-order valence-corrected chi connectivity index (χ3v) is 2.14. The molecule has 0 saturated carbocycles. The van der Waals surface area contributed by atoms with Gasteiger partial charge in [-0.25, -0.2) is 9.78 Å². The van der Waals surface area contributed by atoms with E-state index in [4.69, 9.17) is 5.11 Å². The molecule has 4 nitrogen and oxygen atoms in total. The van der Waals surface area contributed by atoms with Crippen molar-refractivity contribution in [2.24, 2.45) is 0 Å². The lowest BCUT2D eigenvalue weighted by Gasteiger charge is -1.89. The number of thioether (sulfide) groups is 1. The molecule has 0 aliphatic rings. The van der Waals surface area contributed by atoms with Crippen LogP contribution in [0.3, 0.4) is 0 Å². The van der Waals surface area contributed by atoms with Gasteiger partial charge in [-0.1, -0.05) is 6.92 Å². The highest BCUT2D eigenvalue weighted by molar-refractivity contribution is 7.98. The molecule has 0 spiro atoms. The maximum atomic E-state index is 10.6. The predicted molar refractivity (Wildman–Crippen MR) is 46.7 cm³/mol. The Kier molecular flexibility index (Phi) is 2.75. The quantitative estimate of drug-likeness (QED) is 0.700. The molecule has 0 radical (unpaired) electrons. The fraction of sp³-hybridized carbons (Fsp3) is 0.429. The molecule has 0 aromatic carbocycles. The lowest BCUT2D eigenvalue weighted by atomic mass is 10.5. The first-order valence-corrected chi connectivity index (χ1v) is 4.77. The Morgan fingerprint density at radius 2 is 2.42 bits per heavy atom. The first kappa shape index (κ1) is 9.12. The van der Waals surface area contributed by atoms with Crippen molar-refractivity contribution in [3.8, 4) is 0 Å². The Morgan fingerprint density at radius 1 is 1.75 bits per heavy atom. The molecule has 5 heteroatoms. The van der Waals surface area contributed by atoms with Gasteiger partial charge in [-0.3, -0.25) is 0 Å². The number of aromatic nitrogens is 2. The van der Waals surface area contributed by atoms with Crippen LogP contribution >= 0.6 is 11.8 Å². The van der Waals surface area contributed by atoms with Crippen molar-refractivity contribution >= 4 is 17.7 Å². The maximum absolute atomic E-state index is 10.6. The van der Waals surface area contributed by atoms with Crippen LogP contribution in [0.15, 0.2) is 5.03 Å². The van der Waals surface area contributed by atoms with Gasteiger partial charge in [0.05, 0.1) is 0 Å². The third kappa shape index (κ3) is 1.61. The number of nitrogens with zero attached hydrogens (tertiary/aromatic N) is 1. The minimum atomic E-state index is -0.952. The Bertz CT molecular complexity index is 296. The average molecular weight is 186 g/mol. The number of nitrogens with one attached hydrogen (secondary N) is 1. The zero-order valence-corrected chi connectivity index (χ0v) is 7.73. The van der Waals surface area contributed by atoms with Gasteiger partial charge in [0.2, 0.25) is 0 Å². The van der Waals surface area contributed by atoms with E-state index in [1.165, 1.54) is 11.8 Å². The van der Waals surface area contributed by atoms with E-state index < -0.39 is 5.97 Å². The fourth-order valence-corrected chi connectivity index (χ4v) is 1.41. The van der Waals surface area contributed by atoms with Crippen molar-refractivity contribution < 1.29 is 9.90 Å². The largest absolute Gasteiger partial charge is 0.476 e. The first-order chi connectivity index (χ1) is 5.69. The Labute approximate surface area is 74.4 Å². The van der Waals surface area contributed by atoms with E-state index in [1.807, 2.05) is 13.2 Å². The second kappa shape index (κ2) is 3.62. The van der Waals surface area contributed by atoms with Crippen molar-refractivity contribution in [2.75, 3.05) is 6.26 Å². The van der Waals surface area contributed by atoms with E-state index in [2.05, 4.69) is 9.97 Å². The number of imidazole rings is 1. The van der Waals surface area contributed by atoms with E-state index in [-0.39, 0.29) is 5.69 Å². The molecule has 1 heterocycles. The summed E-state index contributed by atoms with van der Waals surface area (Å²) in [5.74, 6) is -0.233. The van der Waals surface area contributed by atoms with Gasteiger partial charge in [0.1, 0.15) is 10.9 Å². The normalized spacial score (nSPS) is 10.2. The number of hydrogen-bond donors (Lipinski definition) is 2. The molecule has 0 fully saturated rings. The van der Waals surface area contributed by atoms with Crippen LogP contribution in [0.4, 0.5) is 0 Å². The molecule has 0 saturated heterocycles. The summed E-state index contributed by atoms with van der Waals surface area (Å²) in [5.41, 5.74) is 0.194. The van der Waals surface area contributed by atoms with Gasteiger partial charge in [0.25, 0.3) is 0 Å². The molecule has 1 aromatic rings. The van der Waals surface area contributed by atoms with Gasteiger partial charge < -0.3 is 10.1 Å². The molecule has 0 unspecified atom stereocenters. The topological polar surface area (TPSA) is 66.0 Å². The summed E-state index contributed by atoms with van der Waals surface area (Å²) >= 11 is 1.34. The number of aromatic amines is 1. The van der Waals surface area contributed by atoms with Crippen LogP contribution in [0.1, 0.15) is 23.2 Å². The van der Waals surface area contributed by atoms with Gasteiger partial charge in [-0.15, -0.1) is 11.8 Å². The van der Waals surface area contributed by atoms with E-state index in [1.54, 1.807) is 0 Å². The molecule has 0 amide bonds. The minimum absolute atomic E-state index is 0.194. The van der Waals surface area contributed by atoms with Gasteiger partial charge >= 0.3 is 5.97 Å². The van der Waals surface area contributed by atoms with Crippen molar-refractivity contribution in [3.05, 3.63) is 11.5 Å². The van der Waals surface area contributed by atoms with Crippen LogP contribution in [0.25, 0.3) is 0 Å². The van der Waals surface area contributed by atoms with Crippen LogP contribution in [0, 0.1) is 0 Å². The van der Waals surface area contributed by atoms with Crippen LogP contribution in [0.2, 0.25) is 0 Å². The SMILES string of the molecule is CCc1nc(SC)c(C(=O)O)[nH]1.